The Balaban J connectivity index is 1.26. The molecule has 4 fully saturated rings. The standard InChI is InChI=1S/C37H42O9/c1-21(2)35-17-23(4)37-27(33(35)44-36(45-35,46-37)19-24-9-7-6-8-10-24)14-26(18-34(41)30(37)13-22(3)32(34)40)20-43-31(39)16-25-11-12-28(38)29(15-25)42-5/h6-12,14-15,22-23,27,30,33,38,41H,1,13,16-20H2,2-5H3/t22?,23-,27+,30-,33-,34-,35-,36-,37-/m1/s1. The van der Waals surface area contributed by atoms with E-state index in [-0.39, 0.29) is 48.6 Å². The first-order valence-corrected chi connectivity index (χ1v) is 16.1. The van der Waals surface area contributed by atoms with Gasteiger partial charge >= 0.3 is 5.97 Å². The predicted molar refractivity (Wildman–Crippen MR) is 167 cm³/mol. The molecule has 9 heteroatoms. The molecule has 9 atom stereocenters. The largest absolute Gasteiger partial charge is 0.504 e. The summed E-state index contributed by atoms with van der Waals surface area (Å²) in [6.07, 6.45) is 2.91. The number of benzene rings is 2. The van der Waals surface area contributed by atoms with Gasteiger partial charge in [-0.1, -0.05) is 62.9 Å². The number of aromatic hydroxyl groups is 1. The number of methoxy groups -OCH3 is 1. The molecular formula is C37H42O9. The third-order valence-electron chi connectivity index (χ3n) is 11.2. The summed E-state index contributed by atoms with van der Waals surface area (Å²) in [7, 11) is 1.44. The fourth-order valence-corrected chi connectivity index (χ4v) is 9.16. The van der Waals surface area contributed by atoms with E-state index in [0.29, 0.717) is 30.4 Å². The van der Waals surface area contributed by atoms with Gasteiger partial charge in [-0.25, -0.2) is 0 Å². The first kappa shape index (κ1) is 31.1. The highest BCUT2D eigenvalue weighted by Gasteiger charge is 2.79. The number of phenols is 1. The normalized spacial score (nSPS) is 38.8. The van der Waals surface area contributed by atoms with Gasteiger partial charge in [-0.15, -0.1) is 0 Å². The Morgan fingerprint density at radius 1 is 1.11 bits per heavy atom. The second-order valence-electron chi connectivity index (χ2n) is 14.1. The van der Waals surface area contributed by atoms with E-state index >= 15 is 0 Å². The molecule has 0 amide bonds. The van der Waals surface area contributed by atoms with Crippen LogP contribution in [0.25, 0.3) is 0 Å². The van der Waals surface area contributed by atoms with Gasteiger partial charge in [0.15, 0.2) is 17.3 Å². The molecule has 2 saturated carbocycles. The number of carbonyl (C=O) groups excluding carboxylic acids is 2. The van der Waals surface area contributed by atoms with Crippen LogP contribution in [-0.2, 0) is 41.4 Å². The summed E-state index contributed by atoms with van der Waals surface area (Å²) in [4.78, 5) is 26.9. The third kappa shape index (κ3) is 4.50. The average molecular weight is 631 g/mol. The Bertz CT molecular complexity index is 1620. The maximum atomic E-state index is 13.9. The molecule has 2 heterocycles. The number of carbonyl (C=O) groups is 2. The third-order valence-corrected chi connectivity index (χ3v) is 11.2. The summed E-state index contributed by atoms with van der Waals surface area (Å²) in [5, 5.41) is 22.4. The van der Waals surface area contributed by atoms with Gasteiger partial charge in [0, 0.05) is 24.2 Å². The number of Topliss-reactive ketones (excluding diaryl/α,β-unsaturated/α-hetero) is 1. The number of hydrogen-bond donors (Lipinski definition) is 2. The molecule has 2 aliphatic heterocycles. The van der Waals surface area contributed by atoms with Crippen LogP contribution in [0.3, 0.4) is 0 Å². The van der Waals surface area contributed by atoms with Crippen molar-refractivity contribution in [3.8, 4) is 11.5 Å². The van der Waals surface area contributed by atoms with Crippen LogP contribution >= 0.6 is 0 Å². The summed E-state index contributed by atoms with van der Waals surface area (Å²) in [6, 6.07) is 14.6. The molecule has 0 radical (unpaired) electrons. The summed E-state index contributed by atoms with van der Waals surface area (Å²) in [5.74, 6) is -3.29. The van der Waals surface area contributed by atoms with Gasteiger partial charge in [-0.3, -0.25) is 9.59 Å². The number of phenolic OH excluding ortho intramolecular Hbond substituents is 1. The predicted octanol–water partition coefficient (Wildman–Crippen LogP) is 4.82. The lowest BCUT2D eigenvalue weighted by atomic mass is 9.54. The van der Waals surface area contributed by atoms with Crippen LogP contribution in [0.5, 0.6) is 11.5 Å². The van der Waals surface area contributed by atoms with Gasteiger partial charge in [0.2, 0.25) is 0 Å². The maximum Gasteiger partial charge on any atom is 0.310 e. The van der Waals surface area contributed by atoms with Crippen molar-refractivity contribution in [3.05, 3.63) is 83.5 Å². The minimum Gasteiger partial charge on any atom is -0.504 e. The zero-order valence-corrected chi connectivity index (χ0v) is 26.8. The summed E-state index contributed by atoms with van der Waals surface area (Å²) < 4.78 is 31.9. The second-order valence-corrected chi connectivity index (χ2v) is 14.1. The summed E-state index contributed by atoms with van der Waals surface area (Å²) >= 11 is 0. The highest BCUT2D eigenvalue weighted by molar-refractivity contribution is 5.92. The number of esters is 1. The van der Waals surface area contributed by atoms with Crippen LogP contribution in [0, 0.1) is 23.7 Å². The highest BCUT2D eigenvalue weighted by Crippen LogP contribution is 2.69. The first-order valence-electron chi connectivity index (χ1n) is 16.1. The van der Waals surface area contributed by atoms with Crippen molar-refractivity contribution in [1.29, 1.82) is 0 Å². The van der Waals surface area contributed by atoms with E-state index in [0.717, 1.165) is 11.1 Å². The fraction of sp³-hybridized carbons (Fsp3) is 0.514. The van der Waals surface area contributed by atoms with Crippen molar-refractivity contribution in [2.45, 2.75) is 81.8 Å². The zero-order chi connectivity index (χ0) is 32.6. The lowest BCUT2D eigenvalue weighted by molar-refractivity contribution is -0.424. The number of aliphatic hydroxyl groups is 1. The molecule has 5 aliphatic rings. The van der Waals surface area contributed by atoms with Crippen molar-refractivity contribution in [2.75, 3.05) is 13.7 Å². The molecule has 1 unspecified atom stereocenters. The fourth-order valence-electron chi connectivity index (χ4n) is 9.16. The number of hydrogen-bond acceptors (Lipinski definition) is 9. The van der Waals surface area contributed by atoms with Crippen molar-refractivity contribution in [2.24, 2.45) is 23.7 Å². The monoisotopic (exact) mass is 630 g/mol. The summed E-state index contributed by atoms with van der Waals surface area (Å²) in [6.45, 7) is 10.2. The van der Waals surface area contributed by atoms with Crippen molar-refractivity contribution in [3.63, 3.8) is 0 Å². The molecule has 46 heavy (non-hydrogen) atoms. The molecule has 2 aromatic carbocycles. The molecule has 7 rings (SSSR count). The lowest BCUT2D eigenvalue weighted by Crippen LogP contribution is -2.70. The number of fused-ring (bicyclic) bond motifs is 2. The molecule has 244 valence electrons. The Labute approximate surface area is 269 Å². The smallest absolute Gasteiger partial charge is 0.310 e. The van der Waals surface area contributed by atoms with Crippen LogP contribution in [0.2, 0.25) is 0 Å². The van der Waals surface area contributed by atoms with Gasteiger partial charge in [0.05, 0.1) is 25.6 Å². The van der Waals surface area contributed by atoms with Crippen molar-refractivity contribution < 1.29 is 43.5 Å². The number of ether oxygens (including phenoxy) is 5. The van der Waals surface area contributed by atoms with E-state index in [1.165, 1.54) is 13.2 Å². The molecule has 9 nitrogen and oxygen atoms in total. The van der Waals surface area contributed by atoms with Crippen molar-refractivity contribution in [1.82, 2.24) is 0 Å². The van der Waals surface area contributed by atoms with Crippen LogP contribution in [0.1, 0.15) is 51.2 Å². The lowest BCUT2D eigenvalue weighted by Gasteiger charge is -2.59. The molecule has 3 aliphatic carbocycles. The minimum atomic E-state index is -1.71. The molecule has 0 aromatic heterocycles. The quantitative estimate of drug-likeness (QED) is 0.312. The first-order chi connectivity index (χ1) is 21.9. The SMILES string of the molecule is C=C(C)[C@]12C[C@@H](C)[C@@]34O[C@](Cc5ccccc5)(O[C@@H]1[C@@H]3C=C(COC(=O)Cc1ccc(O)c(OC)c1)C[C@]1(O)C(=O)C(C)C[C@@H]41)O2. The van der Waals surface area contributed by atoms with E-state index in [1.807, 2.05) is 50.3 Å². The molecule has 2 aromatic rings. The second kappa shape index (κ2) is 10.8. The van der Waals surface area contributed by atoms with Crippen LogP contribution in [0.15, 0.2) is 72.3 Å². The van der Waals surface area contributed by atoms with E-state index in [1.54, 1.807) is 12.1 Å². The Morgan fingerprint density at radius 3 is 2.59 bits per heavy atom. The van der Waals surface area contributed by atoms with E-state index in [2.05, 4.69) is 13.5 Å². The van der Waals surface area contributed by atoms with Crippen molar-refractivity contribution >= 4 is 11.8 Å². The highest BCUT2D eigenvalue weighted by atomic mass is 16.9. The van der Waals surface area contributed by atoms with Crippen LogP contribution < -0.4 is 4.74 Å². The minimum absolute atomic E-state index is 0.0212. The Hall–Kier alpha value is -3.50. The van der Waals surface area contributed by atoms with Gasteiger partial charge in [-0.05, 0) is 60.1 Å². The van der Waals surface area contributed by atoms with Gasteiger partial charge < -0.3 is 33.9 Å². The summed E-state index contributed by atoms with van der Waals surface area (Å²) in [5.41, 5.74) is -0.455. The number of ketones is 1. The molecule has 2 N–H and O–H groups in total. The van der Waals surface area contributed by atoms with E-state index in [4.69, 9.17) is 23.7 Å². The Morgan fingerprint density at radius 2 is 1.87 bits per heavy atom. The molecular weight excluding hydrogens is 588 g/mol. The molecule has 3 bridgehead atoms. The van der Waals surface area contributed by atoms with E-state index < -0.39 is 46.7 Å². The number of rotatable bonds is 8. The maximum absolute atomic E-state index is 13.9. The molecule has 0 spiro atoms. The zero-order valence-electron chi connectivity index (χ0n) is 26.8. The van der Waals surface area contributed by atoms with Gasteiger partial charge in [0.1, 0.15) is 23.9 Å². The average Bonchev–Trinajstić information content (AvgIpc) is 3.32. The van der Waals surface area contributed by atoms with Crippen LogP contribution in [0.4, 0.5) is 0 Å². The Kier molecular flexibility index (Phi) is 7.29. The van der Waals surface area contributed by atoms with E-state index in [9.17, 15) is 19.8 Å². The van der Waals surface area contributed by atoms with Crippen LogP contribution in [-0.4, -0.2) is 64.6 Å². The molecule has 2 saturated heterocycles. The van der Waals surface area contributed by atoms with Gasteiger partial charge in [0.25, 0.3) is 5.97 Å². The van der Waals surface area contributed by atoms with Gasteiger partial charge in [-0.2, -0.15) is 0 Å². The topological polar surface area (TPSA) is 121 Å².